The van der Waals surface area contributed by atoms with E-state index in [9.17, 15) is 5.11 Å². The minimum absolute atomic E-state index is 0.462. The molecule has 15 heavy (non-hydrogen) atoms. The quantitative estimate of drug-likeness (QED) is 0.719. The average molecular weight is 214 g/mol. The van der Waals surface area contributed by atoms with Crippen LogP contribution in [0.1, 0.15) is 33.6 Å². The summed E-state index contributed by atoms with van der Waals surface area (Å²) >= 11 is 0. The van der Waals surface area contributed by atoms with Crippen molar-refractivity contribution in [2.45, 2.75) is 39.2 Å². The molecule has 1 heterocycles. The maximum absolute atomic E-state index is 9.98. The Kier molecular flexibility index (Phi) is 5.03. The van der Waals surface area contributed by atoms with E-state index in [4.69, 9.17) is 0 Å². The summed E-state index contributed by atoms with van der Waals surface area (Å²) in [6.07, 6.45) is 2.08. The maximum atomic E-state index is 9.98. The summed E-state index contributed by atoms with van der Waals surface area (Å²) < 4.78 is 0. The third-order valence-corrected chi connectivity index (χ3v) is 3.07. The number of aliphatic hydroxyl groups is 1. The van der Waals surface area contributed by atoms with Crippen molar-refractivity contribution in [3.63, 3.8) is 0 Å². The molecule has 1 saturated heterocycles. The van der Waals surface area contributed by atoms with Crippen molar-refractivity contribution in [1.29, 1.82) is 0 Å². The third-order valence-electron chi connectivity index (χ3n) is 3.07. The van der Waals surface area contributed by atoms with Crippen LogP contribution < -0.4 is 5.32 Å². The molecule has 0 aromatic heterocycles. The molecule has 0 aromatic rings. The van der Waals surface area contributed by atoms with Gasteiger partial charge in [-0.1, -0.05) is 13.8 Å². The van der Waals surface area contributed by atoms with E-state index in [1.165, 1.54) is 0 Å². The Hall–Kier alpha value is -0.120. The lowest BCUT2D eigenvalue weighted by atomic mass is 9.94. The van der Waals surface area contributed by atoms with Gasteiger partial charge in [-0.3, -0.25) is 0 Å². The zero-order valence-corrected chi connectivity index (χ0v) is 10.4. The van der Waals surface area contributed by atoms with Crippen LogP contribution in [0, 0.1) is 5.92 Å². The average Bonchev–Trinajstić information content (AvgIpc) is 2.13. The van der Waals surface area contributed by atoms with E-state index >= 15 is 0 Å². The Morgan fingerprint density at radius 1 is 1.53 bits per heavy atom. The summed E-state index contributed by atoms with van der Waals surface area (Å²) in [5, 5.41) is 13.3. The van der Waals surface area contributed by atoms with Crippen molar-refractivity contribution in [3.05, 3.63) is 0 Å². The fraction of sp³-hybridized carbons (Fsp3) is 1.00. The van der Waals surface area contributed by atoms with Gasteiger partial charge in [-0.25, -0.2) is 0 Å². The molecule has 0 amide bonds. The predicted molar refractivity (Wildman–Crippen MR) is 64.0 cm³/mol. The van der Waals surface area contributed by atoms with Crippen LogP contribution in [0.15, 0.2) is 0 Å². The topological polar surface area (TPSA) is 35.5 Å². The number of hydrogen-bond donors (Lipinski definition) is 2. The highest BCUT2D eigenvalue weighted by Crippen LogP contribution is 2.20. The summed E-state index contributed by atoms with van der Waals surface area (Å²) in [6.45, 7) is 11.6. The van der Waals surface area contributed by atoms with E-state index in [1.807, 2.05) is 6.92 Å². The number of likely N-dealkylation sites (tertiary alicyclic amines) is 1. The van der Waals surface area contributed by atoms with Gasteiger partial charge in [-0.15, -0.1) is 0 Å². The smallest absolute Gasteiger partial charge is 0.0746 e. The maximum Gasteiger partial charge on any atom is 0.0746 e. The van der Waals surface area contributed by atoms with E-state index in [-0.39, 0.29) is 0 Å². The molecule has 1 aliphatic rings. The van der Waals surface area contributed by atoms with Crippen molar-refractivity contribution >= 4 is 0 Å². The van der Waals surface area contributed by atoms with Crippen LogP contribution in [-0.2, 0) is 0 Å². The van der Waals surface area contributed by atoms with Crippen molar-refractivity contribution in [2.24, 2.45) is 5.92 Å². The van der Waals surface area contributed by atoms with Gasteiger partial charge in [0.05, 0.1) is 5.60 Å². The molecule has 2 N–H and O–H groups in total. The lowest BCUT2D eigenvalue weighted by Crippen LogP contribution is -2.48. The second-order valence-corrected chi connectivity index (χ2v) is 5.25. The summed E-state index contributed by atoms with van der Waals surface area (Å²) in [5.74, 6) is 0.666. The fourth-order valence-electron chi connectivity index (χ4n) is 2.38. The molecule has 0 saturated carbocycles. The Morgan fingerprint density at radius 3 is 2.87 bits per heavy atom. The largest absolute Gasteiger partial charge is 0.389 e. The van der Waals surface area contributed by atoms with Gasteiger partial charge < -0.3 is 15.3 Å². The number of β-amino-alcohol motifs (C(OH)–C–C–N with tert-alkyl or cyclic N) is 1. The molecule has 0 aromatic carbocycles. The molecule has 3 nitrogen and oxygen atoms in total. The molecule has 0 aliphatic carbocycles. The number of nitrogens with zero attached hydrogens (tertiary/aromatic N) is 1. The Bertz CT molecular complexity index is 182. The number of piperidine rings is 1. The van der Waals surface area contributed by atoms with Crippen LogP contribution in [0.2, 0.25) is 0 Å². The van der Waals surface area contributed by atoms with Crippen molar-refractivity contribution < 1.29 is 5.11 Å². The highest BCUT2D eigenvalue weighted by atomic mass is 16.3. The van der Waals surface area contributed by atoms with Crippen molar-refractivity contribution in [3.8, 4) is 0 Å². The first-order chi connectivity index (χ1) is 7.03. The zero-order chi connectivity index (χ0) is 11.3. The van der Waals surface area contributed by atoms with Crippen LogP contribution >= 0.6 is 0 Å². The minimum Gasteiger partial charge on any atom is -0.389 e. The Balaban J connectivity index is 2.25. The first-order valence-corrected chi connectivity index (χ1v) is 6.19. The van der Waals surface area contributed by atoms with E-state index in [0.29, 0.717) is 5.92 Å². The molecule has 2 atom stereocenters. The molecule has 3 heteroatoms. The first-order valence-electron chi connectivity index (χ1n) is 6.19. The van der Waals surface area contributed by atoms with E-state index in [1.54, 1.807) is 0 Å². The third kappa shape index (κ3) is 4.96. The monoisotopic (exact) mass is 214 g/mol. The summed E-state index contributed by atoms with van der Waals surface area (Å²) in [5.41, 5.74) is -0.462. The number of nitrogens with one attached hydrogen (secondary N) is 1. The van der Waals surface area contributed by atoms with Gasteiger partial charge >= 0.3 is 0 Å². The summed E-state index contributed by atoms with van der Waals surface area (Å²) in [4.78, 5) is 2.39. The predicted octanol–water partition coefficient (Wildman–Crippen LogP) is 1.08. The van der Waals surface area contributed by atoms with Crippen LogP contribution in [0.3, 0.4) is 0 Å². The lowest BCUT2D eigenvalue weighted by Gasteiger charge is -2.38. The van der Waals surface area contributed by atoms with Gasteiger partial charge in [0.1, 0.15) is 0 Å². The molecule has 0 spiro atoms. The molecule has 0 radical (unpaired) electrons. The second kappa shape index (κ2) is 5.83. The Morgan fingerprint density at radius 2 is 2.27 bits per heavy atom. The molecule has 1 rings (SSSR count). The normalized spacial score (nSPS) is 30.4. The van der Waals surface area contributed by atoms with Gasteiger partial charge in [-0.05, 0) is 45.3 Å². The van der Waals surface area contributed by atoms with E-state index < -0.39 is 5.60 Å². The first kappa shape index (κ1) is 12.9. The number of hydrogen-bond acceptors (Lipinski definition) is 3. The molecular formula is C12H26N2O. The summed E-state index contributed by atoms with van der Waals surface area (Å²) in [6, 6.07) is 0. The fourth-order valence-corrected chi connectivity index (χ4v) is 2.38. The van der Waals surface area contributed by atoms with Gasteiger partial charge in [0.25, 0.3) is 0 Å². The van der Waals surface area contributed by atoms with Gasteiger partial charge in [0, 0.05) is 13.1 Å². The molecule has 0 bridgehead atoms. The van der Waals surface area contributed by atoms with E-state index in [2.05, 4.69) is 24.1 Å². The van der Waals surface area contributed by atoms with Gasteiger partial charge in [-0.2, -0.15) is 0 Å². The minimum atomic E-state index is -0.462. The molecular weight excluding hydrogens is 188 g/mol. The highest BCUT2D eigenvalue weighted by Gasteiger charge is 2.28. The van der Waals surface area contributed by atoms with Crippen LogP contribution in [-0.4, -0.2) is 48.3 Å². The molecule has 1 fully saturated rings. The van der Waals surface area contributed by atoms with Crippen molar-refractivity contribution in [2.75, 3.05) is 32.7 Å². The number of rotatable bonds is 5. The van der Waals surface area contributed by atoms with Gasteiger partial charge in [0.2, 0.25) is 0 Å². The molecule has 90 valence electrons. The van der Waals surface area contributed by atoms with Crippen LogP contribution in [0.4, 0.5) is 0 Å². The van der Waals surface area contributed by atoms with Crippen LogP contribution in [0.5, 0.6) is 0 Å². The molecule has 1 aliphatic heterocycles. The highest BCUT2D eigenvalue weighted by molar-refractivity contribution is 4.83. The van der Waals surface area contributed by atoms with Crippen LogP contribution in [0.25, 0.3) is 0 Å². The second-order valence-electron chi connectivity index (χ2n) is 5.25. The molecule has 2 unspecified atom stereocenters. The summed E-state index contributed by atoms with van der Waals surface area (Å²) in [7, 11) is 0. The zero-order valence-electron chi connectivity index (χ0n) is 10.4. The Labute approximate surface area is 93.9 Å². The standard InChI is InChI=1S/C12H26N2O/c1-4-13-8-11(2)9-14-7-5-6-12(3,15)10-14/h11,13,15H,4-10H2,1-3H3. The lowest BCUT2D eigenvalue weighted by molar-refractivity contribution is -0.0191. The SMILES string of the molecule is CCNCC(C)CN1CCCC(C)(O)C1. The van der Waals surface area contributed by atoms with Gasteiger partial charge in [0.15, 0.2) is 0 Å². The van der Waals surface area contributed by atoms with Crippen molar-refractivity contribution in [1.82, 2.24) is 10.2 Å². The van der Waals surface area contributed by atoms with E-state index in [0.717, 1.165) is 45.6 Å².